The summed E-state index contributed by atoms with van der Waals surface area (Å²) < 4.78 is 33.9. The van der Waals surface area contributed by atoms with Gasteiger partial charge in [-0.15, -0.1) is 0 Å². The van der Waals surface area contributed by atoms with E-state index in [-0.39, 0.29) is 10.5 Å². The van der Waals surface area contributed by atoms with Crippen LogP contribution in [0.5, 0.6) is 11.5 Å². The molecule has 2 N–H and O–H groups in total. The number of carbonyl (C=O) groups is 2. The van der Waals surface area contributed by atoms with Crippen molar-refractivity contribution < 1.29 is 27.5 Å². The number of ether oxygens (including phenoxy) is 2. The van der Waals surface area contributed by atoms with E-state index in [0.29, 0.717) is 18.1 Å². The van der Waals surface area contributed by atoms with E-state index in [9.17, 15) is 18.0 Å². The summed E-state index contributed by atoms with van der Waals surface area (Å²) in [5, 5.41) is 0. The summed E-state index contributed by atoms with van der Waals surface area (Å²) in [6.45, 7) is 2.68. The smallest absolute Gasteiger partial charge is 0.269 e. The van der Waals surface area contributed by atoms with Gasteiger partial charge in [0.15, 0.2) is 21.3 Å². The third-order valence-electron chi connectivity index (χ3n) is 4.21. The van der Waals surface area contributed by atoms with Crippen LogP contribution in [0.2, 0.25) is 0 Å². The lowest BCUT2D eigenvalue weighted by atomic mass is 10.2. The van der Waals surface area contributed by atoms with Gasteiger partial charge in [-0.3, -0.25) is 20.4 Å². The Labute approximate surface area is 182 Å². The van der Waals surface area contributed by atoms with Gasteiger partial charge in [0.1, 0.15) is 0 Å². The van der Waals surface area contributed by atoms with E-state index in [1.54, 1.807) is 31.4 Å². The van der Waals surface area contributed by atoms with Gasteiger partial charge in [0.05, 0.1) is 18.6 Å². The van der Waals surface area contributed by atoms with Crippen molar-refractivity contribution in [2.45, 2.75) is 24.7 Å². The number of rotatable bonds is 9. The molecule has 31 heavy (non-hydrogen) atoms. The topological polar surface area (TPSA) is 111 Å². The molecule has 0 aliphatic heterocycles. The van der Waals surface area contributed by atoms with Crippen molar-refractivity contribution in [2.24, 2.45) is 0 Å². The molecule has 0 heterocycles. The highest BCUT2D eigenvalue weighted by Crippen LogP contribution is 2.28. The van der Waals surface area contributed by atoms with Crippen molar-refractivity contribution in [3.8, 4) is 11.5 Å². The second-order valence-corrected chi connectivity index (χ2v) is 8.70. The Bertz CT molecular complexity index is 1050. The fraction of sp³-hybridized carbons (Fsp3) is 0.273. The van der Waals surface area contributed by atoms with Crippen LogP contribution in [-0.4, -0.2) is 40.2 Å². The molecule has 0 unspecified atom stereocenters. The highest BCUT2D eigenvalue weighted by atomic mass is 32.2. The number of amides is 2. The van der Waals surface area contributed by atoms with Gasteiger partial charge in [0.25, 0.3) is 11.8 Å². The Morgan fingerprint density at radius 3 is 2.35 bits per heavy atom. The number of hydrogen-bond donors (Lipinski definition) is 2. The fourth-order valence-electron chi connectivity index (χ4n) is 2.49. The van der Waals surface area contributed by atoms with Crippen molar-refractivity contribution >= 4 is 27.7 Å². The quantitative estimate of drug-likeness (QED) is 0.348. The summed E-state index contributed by atoms with van der Waals surface area (Å²) in [6, 6.07) is 10.7. The first-order valence-electron chi connectivity index (χ1n) is 9.64. The van der Waals surface area contributed by atoms with Gasteiger partial charge in [0.2, 0.25) is 0 Å². The maximum Gasteiger partial charge on any atom is 0.269 e. The number of methoxy groups -OCH3 is 1. The van der Waals surface area contributed by atoms with Gasteiger partial charge in [0, 0.05) is 17.9 Å². The first-order valence-corrected chi connectivity index (χ1v) is 11.5. The van der Waals surface area contributed by atoms with Crippen LogP contribution < -0.4 is 20.3 Å². The third-order valence-corrected chi connectivity index (χ3v) is 5.34. The summed E-state index contributed by atoms with van der Waals surface area (Å²) in [6.07, 6.45) is 5.89. The van der Waals surface area contributed by atoms with Gasteiger partial charge < -0.3 is 9.47 Å². The molecular weight excluding hydrogens is 420 g/mol. The average Bonchev–Trinajstić information content (AvgIpc) is 2.76. The van der Waals surface area contributed by atoms with Crippen molar-refractivity contribution in [3.05, 3.63) is 59.7 Å². The van der Waals surface area contributed by atoms with Crippen LogP contribution in [0.4, 0.5) is 0 Å². The predicted octanol–water partition coefficient (Wildman–Crippen LogP) is 2.75. The van der Waals surface area contributed by atoms with Crippen molar-refractivity contribution in [2.75, 3.05) is 20.0 Å². The fourth-order valence-corrected chi connectivity index (χ4v) is 3.12. The molecule has 2 rings (SSSR count). The van der Waals surface area contributed by atoms with Crippen LogP contribution in [0, 0.1) is 0 Å². The van der Waals surface area contributed by atoms with Crippen molar-refractivity contribution in [1.82, 2.24) is 10.9 Å². The van der Waals surface area contributed by atoms with E-state index in [2.05, 4.69) is 17.8 Å². The number of hydrazine groups is 1. The zero-order valence-electron chi connectivity index (χ0n) is 17.7. The summed E-state index contributed by atoms with van der Waals surface area (Å²) in [7, 11) is -1.80. The number of sulfone groups is 1. The van der Waals surface area contributed by atoms with Gasteiger partial charge in [-0.2, -0.15) is 0 Å². The zero-order chi connectivity index (χ0) is 22.9. The number of hydrogen-bond acceptors (Lipinski definition) is 6. The largest absolute Gasteiger partial charge is 0.493 e. The molecule has 0 atom stereocenters. The monoisotopic (exact) mass is 446 g/mol. The molecule has 0 spiro atoms. The number of unbranched alkanes of at least 4 members (excludes halogenated alkanes) is 1. The van der Waals surface area contributed by atoms with E-state index >= 15 is 0 Å². The highest BCUT2D eigenvalue weighted by molar-refractivity contribution is 7.90. The predicted molar refractivity (Wildman–Crippen MR) is 118 cm³/mol. The minimum Gasteiger partial charge on any atom is -0.493 e. The third kappa shape index (κ3) is 7.45. The first kappa shape index (κ1) is 23.9. The summed E-state index contributed by atoms with van der Waals surface area (Å²) in [4.78, 5) is 24.2. The molecule has 2 aromatic carbocycles. The van der Waals surface area contributed by atoms with Crippen molar-refractivity contribution in [3.63, 3.8) is 0 Å². The van der Waals surface area contributed by atoms with Crippen LogP contribution in [0.1, 0.15) is 35.7 Å². The molecule has 2 amide bonds. The maximum atomic E-state index is 12.1. The van der Waals surface area contributed by atoms with Crippen LogP contribution in [0.25, 0.3) is 6.08 Å². The highest BCUT2D eigenvalue weighted by Gasteiger charge is 2.10. The van der Waals surface area contributed by atoms with E-state index in [1.807, 2.05) is 0 Å². The molecule has 0 bridgehead atoms. The Balaban J connectivity index is 1.92. The van der Waals surface area contributed by atoms with E-state index < -0.39 is 21.7 Å². The molecule has 0 fully saturated rings. The molecule has 0 aliphatic carbocycles. The van der Waals surface area contributed by atoms with E-state index in [0.717, 1.165) is 24.7 Å². The van der Waals surface area contributed by atoms with Crippen LogP contribution in [0.15, 0.2) is 53.4 Å². The molecule has 166 valence electrons. The van der Waals surface area contributed by atoms with Gasteiger partial charge >= 0.3 is 0 Å². The minimum atomic E-state index is -3.35. The Morgan fingerprint density at radius 2 is 1.74 bits per heavy atom. The standard InChI is InChI=1S/C22H26N2O6S/c1-4-5-14-30-19-12-6-16(15-20(19)29-2)7-13-21(25)23-24-22(26)17-8-10-18(11-9-17)31(3,27)28/h6-13,15H,4-5,14H2,1-3H3,(H,23,25)(H,24,26)/b13-7+. The molecule has 0 aromatic heterocycles. The van der Waals surface area contributed by atoms with Crippen LogP contribution in [-0.2, 0) is 14.6 Å². The number of nitrogens with one attached hydrogen (secondary N) is 2. The van der Waals surface area contributed by atoms with E-state index in [1.165, 1.54) is 30.3 Å². The lowest BCUT2D eigenvalue weighted by molar-refractivity contribution is -0.117. The lowest BCUT2D eigenvalue weighted by Gasteiger charge is -2.11. The van der Waals surface area contributed by atoms with Gasteiger partial charge in [-0.05, 0) is 54.5 Å². The second-order valence-electron chi connectivity index (χ2n) is 6.69. The molecule has 8 nitrogen and oxygen atoms in total. The van der Waals surface area contributed by atoms with Gasteiger partial charge in [-0.25, -0.2) is 8.42 Å². The maximum absolute atomic E-state index is 12.1. The van der Waals surface area contributed by atoms with Crippen molar-refractivity contribution in [1.29, 1.82) is 0 Å². The molecule has 0 saturated heterocycles. The average molecular weight is 447 g/mol. The number of carbonyl (C=O) groups excluding carboxylic acids is 2. The van der Waals surface area contributed by atoms with Crippen LogP contribution in [0.3, 0.4) is 0 Å². The Hall–Kier alpha value is -3.33. The van der Waals surface area contributed by atoms with E-state index in [4.69, 9.17) is 9.47 Å². The first-order chi connectivity index (χ1) is 14.7. The lowest BCUT2D eigenvalue weighted by Crippen LogP contribution is -2.40. The number of benzene rings is 2. The molecule has 0 radical (unpaired) electrons. The SMILES string of the molecule is CCCCOc1ccc(/C=C/C(=O)NNC(=O)c2ccc(S(C)(=O)=O)cc2)cc1OC. The molecule has 0 aliphatic rings. The summed E-state index contributed by atoms with van der Waals surface area (Å²) >= 11 is 0. The second kappa shape index (κ2) is 11.2. The molecule has 0 saturated carbocycles. The minimum absolute atomic E-state index is 0.105. The van der Waals surface area contributed by atoms with Crippen LogP contribution >= 0.6 is 0 Å². The zero-order valence-corrected chi connectivity index (χ0v) is 18.5. The molecular formula is C22H26N2O6S. The summed E-state index contributed by atoms with van der Waals surface area (Å²) in [5.74, 6) is 0.0802. The molecule has 9 heteroatoms. The summed E-state index contributed by atoms with van der Waals surface area (Å²) in [5.41, 5.74) is 5.47. The normalized spacial score (nSPS) is 11.2. The Kier molecular flexibility index (Phi) is 8.63. The van der Waals surface area contributed by atoms with Gasteiger partial charge in [-0.1, -0.05) is 19.4 Å². The Morgan fingerprint density at radius 1 is 1.03 bits per heavy atom. The molecule has 2 aromatic rings.